The predicted molar refractivity (Wildman–Crippen MR) is 118 cm³/mol. The molecule has 1 aromatic rings. The first-order valence-electron chi connectivity index (χ1n) is 10.2. The zero-order valence-corrected chi connectivity index (χ0v) is 18.4. The molecule has 12 heteroatoms. The number of carboxylic acids is 2. The zero-order chi connectivity index (χ0) is 25.1. The summed E-state index contributed by atoms with van der Waals surface area (Å²) in [5.74, 6) is -4.90. The van der Waals surface area contributed by atoms with E-state index in [2.05, 4.69) is 16.0 Å². The minimum Gasteiger partial charge on any atom is -0.481 e. The summed E-state index contributed by atoms with van der Waals surface area (Å²) in [5.41, 5.74) is 6.09. The van der Waals surface area contributed by atoms with Gasteiger partial charge in [0, 0.05) is 24.1 Å². The van der Waals surface area contributed by atoms with Gasteiger partial charge >= 0.3 is 11.9 Å². The van der Waals surface area contributed by atoms with E-state index in [1.165, 1.54) is 24.3 Å². The van der Waals surface area contributed by atoms with Gasteiger partial charge < -0.3 is 31.9 Å². The molecule has 12 nitrogen and oxygen atoms in total. The first-order valence-corrected chi connectivity index (χ1v) is 10.2. The molecule has 0 heterocycles. The molecule has 0 aromatic heterocycles. The number of hydrogen-bond donors (Lipinski definition) is 7. The van der Waals surface area contributed by atoms with Crippen LogP contribution in [0.4, 0.5) is 0 Å². The van der Waals surface area contributed by atoms with Crippen molar-refractivity contribution in [2.24, 2.45) is 11.7 Å². The Morgan fingerprint density at radius 1 is 0.970 bits per heavy atom. The molecule has 0 radical (unpaired) electrons. The van der Waals surface area contributed by atoms with E-state index in [-0.39, 0.29) is 36.7 Å². The maximum absolute atomic E-state index is 12.4. The number of nitrogen functional groups attached to an aromatic ring is 1. The molecule has 1 aromatic carbocycles. The van der Waals surface area contributed by atoms with E-state index in [1.807, 2.05) is 0 Å². The van der Waals surface area contributed by atoms with E-state index < -0.39 is 48.2 Å². The highest BCUT2D eigenvalue weighted by Crippen LogP contribution is 2.06. The number of nitrogens with two attached hydrogens (primary N) is 1. The monoisotopic (exact) mass is 463 g/mol. The van der Waals surface area contributed by atoms with E-state index in [0.717, 1.165) is 0 Å². The molecule has 8 N–H and O–H groups in total. The Hall–Kier alpha value is -3.96. The third-order valence-electron chi connectivity index (χ3n) is 4.45. The summed E-state index contributed by atoms with van der Waals surface area (Å²) in [5, 5.41) is 32.6. The molecule has 0 spiro atoms. The molecule has 0 saturated heterocycles. The maximum atomic E-state index is 12.4. The molecule has 0 aliphatic heterocycles. The second-order valence-corrected chi connectivity index (χ2v) is 7.74. The van der Waals surface area contributed by atoms with E-state index in [4.69, 9.17) is 16.2 Å². The van der Waals surface area contributed by atoms with Gasteiger partial charge in [0.15, 0.2) is 0 Å². The highest BCUT2D eigenvalue weighted by atomic mass is 16.4. The Morgan fingerprint density at radius 3 is 2.03 bits per heavy atom. The number of carbonyl (C=O) groups excluding carboxylic acids is 3. The summed E-state index contributed by atoms with van der Waals surface area (Å²) < 4.78 is 0. The average molecular weight is 463 g/mol. The number of aliphatic carboxylic acids is 2. The van der Waals surface area contributed by atoms with E-state index in [9.17, 15) is 29.1 Å². The van der Waals surface area contributed by atoms with Crippen LogP contribution < -0.4 is 21.7 Å². The van der Waals surface area contributed by atoms with E-state index in [1.54, 1.807) is 13.8 Å². The van der Waals surface area contributed by atoms with Crippen molar-refractivity contribution in [2.45, 2.75) is 45.2 Å². The third kappa shape index (κ3) is 9.80. The lowest BCUT2D eigenvalue weighted by Crippen LogP contribution is -2.52. The van der Waals surface area contributed by atoms with Gasteiger partial charge in [-0.05, 0) is 24.5 Å². The van der Waals surface area contributed by atoms with Crippen LogP contribution in [-0.2, 0) is 19.2 Å². The zero-order valence-electron chi connectivity index (χ0n) is 18.4. The van der Waals surface area contributed by atoms with Crippen LogP contribution >= 0.6 is 0 Å². The molecule has 0 saturated carbocycles. The summed E-state index contributed by atoms with van der Waals surface area (Å²) in [7, 11) is 0. The molecule has 1 rings (SSSR count). The Labute approximate surface area is 190 Å². The van der Waals surface area contributed by atoms with Crippen LogP contribution in [0.5, 0.6) is 0 Å². The number of carbonyl (C=O) groups is 5. The fourth-order valence-corrected chi connectivity index (χ4v) is 2.81. The SMILES string of the molecule is CC(C)C[C@H](NC(=O)[C@H](CC(=O)O)NC(=O)CCNC(=O)c1ccc(C(=N)N)cc1)C(=O)O. The van der Waals surface area contributed by atoms with Gasteiger partial charge in [0.25, 0.3) is 5.91 Å². The van der Waals surface area contributed by atoms with Crippen molar-refractivity contribution in [1.29, 1.82) is 5.41 Å². The van der Waals surface area contributed by atoms with Crippen LogP contribution in [-0.4, -0.2) is 64.3 Å². The van der Waals surface area contributed by atoms with Gasteiger partial charge in [-0.15, -0.1) is 0 Å². The van der Waals surface area contributed by atoms with Gasteiger partial charge in [0.1, 0.15) is 17.9 Å². The third-order valence-corrected chi connectivity index (χ3v) is 4.45. The number of amidine groups is 1. The largest absolute Gasteiger partial charge is 0.481 e. The van der Waals surface area contributed by atoms with Gasteiger partial charge in [-0.25, -0.2) is 4.79 Å². The normalized spacial score (nSPS) is 12.3. The fourth-order valence-electron chi connectivity index (χ4n) is 2.81. The first-order chi connectivity index (χ1) is 15.4. The van der Waals surface area contributed by atoms with Crippen molar-refractivity contribution in [3.05, 3.63) is 35.4 Å². The van der Waals surface area contributed by atoms with Crippen LogP contribution in [0.15, 0.2) is 24.3 Å². The molecule has 180 valence electrons. The molecule has 0 aliphatic rings. The van der Waals surface area contributed by atoms with Crippen molar-refractivity contribution in [3.8, 4) is 0 Å². The Morgan fingerprint density at radius 2 is 1.55 bits per heavy atom. The fraction of sp³-hybridized carbons (Fsp3) is 0.429. The van der Waals surface area contributed by atoms with Crippen molar-refractivity contribution >= 4 is 35.5 Å². The molecule has 3 amide bonds. The summed E-state index contributed by atoms with van der Waals surface area (Å²) in [4.78, 5) is 59.2. The Kier molecular flexibility index (Phi) is 10.5. The van der Waals surface area contributed by atoms with Gasteiger partial charge in [0.2, 0.25) is 11.8 Å². The first kappa shape index (κ1) is 27.1. The topological polar surface area (TPSA) is 212 Å². The van der Waals surface area contributed by atoms with Crippen molar-refractivity contribution in [1.82, 2.24) is 16.0 Å². The standard InChI is InChI=1S/C21H29N5O7/c1-11(2)9-15(21(32)33)26-20(31)14(10-17(28)29)25-16(27)7-8-24-19(30)13-5-3-12(4-6-13)18(22)23/h3-6,11,14-15H,7-10H2,1-2H3,(H3,22,23)(H,24,30)(H,25,27)(H,26,31)(H,28,29)(H,32,33)/t14-,15-/m0/s1. The number of benzene rings is 1. The summed E-state index contributed by atoms with van der Waals surface area (Å²) >= 11 is 0. The van der Waals surface area contributed by atoms with E-state index in [0.29, 0.717) is 5.56 Å². The minimum atomic E-state index is -1.47. The molecule has 0 aliphatic carbocycles. The summed E-state index contributed by atoms with van der Waals surface area (Å²) in [6, 6.07) is 3.24. The minimum absolute atomic E-state index is 0.0406. The van der Waals surface area contributed by atoms with Gasteiger partial charge in [-0.1, -0.05) is 26.0 Å². The molecule has 0 unspecified atom stereocenters. The highest BCUT2D eigenvalue weighted by molar-refractivity contribution is 5.98. The van der Waals surface area contributed by atoms with E-state index >= 15 is 0 Å². The van der Waals surface area contributed by atoms with Crippen molar-refractivity contribution < 1.29 is 34.2 Å². The predicted octanol–water partition coefficient (Wildman–Crippen LogP) is -0.334. The smallest absolute Gasteiger partial charge is 0.326 e. The number of rotatable bonds is 13. The second kappa shape index (κ2) is 12.8. The maximum Gasteiger partial charge on any atom is 0.326 e. The molecule has 0 bridgehead atoms. The number of nitrogens with one attached hydrogen (secondary N) is 4. The van der Waals surface area contributed by atoms with Crippen LogP contribution in [0.1, 0.15) is 49.0 Å². The second-order valence-electron chi connectivity index (χ2n) is 7.74. The van der Waals surface area contributed by atoms with Crippen LogP contribution in [0.3, 0.4) is 0 Å². The lowest BCUT2D eigenvalue weighted by molar-refractivity contribution is -0.143. The lowest BCUT2D eigenvalue weighted by atomic mass is 10.0. The molecule has 2 atom stereocenters. The van der Waals surface area contributed by atoms with Gasteiger partial charge in [-0.3, -0.25) is 24.6 Å². The number of carboxylic acid groups (broad SMARTS) is 2. The molecule has 33 heavy (non-hydrogen) atoms. The Bertz CT molecular complexity index is 899. The summed E-state index contributed by atoms with van der Waals surface area (Å²) in [6.07, 6.45) is -0.844. The average Bonchev–Trinajstić information content (AvgIpc) is 2.71. The van der Waals surface area contributed by atoms with Crippen molar-refractivity contribution in [3.63, 3.8) is 0 Å². The highest BCUT2D eigenvalue weighted by Gasteiger charge is 2.28. The van der Waals surface area contributed by atoms with Gasteiger partial charge in [-0.2, -0.15) is 0 Å². The molecular weight excluding hydrogens is 434 g/mol. The molecular formula is C21H29N5O7. The number of amides is 3. The van der Waals surface area contributed by atoms with Crippen molar-refractivity contribution in [2.75, 3.05) is 6.54 Å². The Balaban J connectivity index is 2.64. The van der Waals surface area contributed by atoms with Crippen LogP contribution in [0.25, 0.3) is 0 Å². The van der Waals surface area contributed by atoms with Crippen LogP contribution in [0.2, 0.25) is 0 Å². The van der Waals surface area contributed by atoms with Gasteiger partial charge in [0.05, 0.1) is 6.42 Å². The molecule has 0 fully saturated rings. The number of hydrogen-bond acceptors (Lipinski definition) is 6. The lowest BCUT2D eigenvalue weighted by Gasteiger charge is -2.21. The summed E-state index contributed by atoms with van der Waals surface area (Å²) in [6.45, 7) is 3.45. The quantitative estimate of drug-likeness (QED) is 0.151. The van der Waals surface area contributed by atoms with Crippen LogP contribution in [0, 0.1) is 11.3 Å².